The molecule has 0 spiro atoms. The predicted molar refractivity (Wildman–Crippen MR) is 113 cm³/mol. The van der Waals surface area contributed by atoms with Crippen LogP contribution in [0.3, 0.4) is 0 Å². The van der Waals surface area contributed by atoms with Crippen LogP contribution in [-0.2, 0) is 17.9 Å². The average Bonchev–Trinajstić information content (AvgIpc) is 3.22. The third kappa shape index (κ3) is 5.04. The smallest absolute Gasteiger partial charge is 0.350 e. The van der Waals surface area contributed by atoms with Gasteiger partial charge < -0.3 is 15.1 Å². The number of hydrogen-bond donors (Lipinski definition) is 1. The lowest BCUT2D eigenvalue weighted by molar-refractivity contribution is -0.146. The van der Waals surface area contributed by atoms with Crippen molar-refractivity contribution in [3.8, 4) is 0 Å². The molecule has 3 aromatic rings. The fourth-order valence-electron chi connectivity index (χ4n) is 3.59. The van der Waals surface area contributed by atoms with Crippen molar-refractivity contribution in [2.24, 2.45) is 0 Å². The van der Waals surface area contributed by atoms with Crippen LogP contribution in [0.2, 0.25) is 0 Å². The third-order valence-electron chi connectivity index (χ3n) is 5.35. The molecule has 4 rings (SSSR count). The number of alkyl halides is 3. The number of likely N-dealkylation sites (N-methyl/N-ethyl adjacent to an activating group) is 2. The highest BCUT2D eigenvalue weighted by atomic mass is 19.4. The van der Waals surface area contributed by atoms with Crippen LogP contribution in [0.4, 0.5) is 35.0 Å². The van der Waals surface area contributed by atoms with Crippen LogP contribution in [0.1, 0.15) is 17.5 Å². The van der Waals surface area contributed by atoms with Crippen molar-refractivity contribution in [3.05, 3.63) is 59.8 Å². The Balaban J connectivity index is 1.45. The summed E-state index contributed by atoms with van der Waals surface area (Å²) in [6.07, 6.45) is -0.887. The van der Waals surface area contributed by atoms with Crippen LogP contribution in [0, 0.1) is 5.82 Å². The molecule has 1 amide bonds. The summed E-state index contributed by atoms with van der Waals surface area (Å²) in [5.41, 5.74) is 2.06. The zero-order valence-electron chi connectivity index (χ0n) is 17.8. The van der Waals surface area contributed by atoms with Gasteiger partial charge in [-0.15, -0.1) is 0 Å². The summed E-state index contributed by atoms with van der Waals surface area (Å²) in [5, 5.41) is 7.30. The molecule has 3 heterocycles. The topological polar surface area (TPSA) is 79.2 Å². The van der Waals surface area contributed by atoms with Crippen molar-refractivity contribution in [2.45, 2.75) is 31.7 Å². The maximum Gasteiger partial charge on any atom is 0.391 e. The molecule has 1 N–H and O–H groups in total. The fraction of sp³-hybridized carbons (Fsp3) is 0.333. The van der Waals surface area contributed by atoms with Gasteiger partial charge in [0.2, 0.25) is 11.9 Å². The number of aromatic nitrogens is 4. The maximum absolute atomic E-state index is 13.0. The van der Waals surface area contributed by atoms with Crippen LogP contribution in [-0.4, -0.2) is 52.0 Å². The molecule has 174 valence electrons. The number of carbonyl (C=O) groups is 1. The largest absolute Gasteiger partial charge is 0.391 e. The van der Waals surface area contributed by atoms with E-state index in [2.05, 4.69) is 20.4 Å². The van der Waals surface area contributed by atoms with Crippen molar-refractivity contribution in [1.29, 1.82) is 0 Å². The third-order valence-corrected chi connectivity index (χ3v) is 5.35. The van der Waals surface area contributed by atoms with E-state index in [0.29, 0.717) is 18.8 Å². The Hall–Kier alpha value is -3.70. The molecule has 0 radical (unpaired) electrons. The summed E-state index contributed by atoms with van der Waals surface area (Å²) in [6, 6.07) is 4.74. The second-order valence-electron chi connectivity index (χ2n) is 7.77. The zero-order valence-corrected chi connectivity index (χ0v) is 17.8. The molecule has 0 saturated carbocycles. The highest BCUT2D eigenvalue weighted by molar-refractivity contribution is 6.04. The van der Waals surface area contributed by atoms with Crippen LogP contribution < -0.4 is 15.1 Å². The quantitative estimate of drug-likeness (QED) is 0.566. The van der Waals surface area contributed by atoms with E-state index in [-0.39, 0.29) is 17.6 Å². The fourth-order valence-corrected chi connectivity index (χ4v) is 3.59. The molecular formula is C21H21F4N7O. The lowest BCUT2D eigenvalue weighted by atomic mass is 10.1. The Kier molecular flexibility index (Phi) is 5.91. The molecule has 1 unspecified atom stereocenters. The predicted octanol–water partition coefficient (Wildman–Crippen LogP) is 3.21. The monoisotopic (exact) mass is 463 g/mol. The maximum atomic E-state index is 13.0. The first kappa shape index (κ1) is 22.5. The van der Waals surface area contributed by atoms with Crippen molar-refractivity contribution in [1.82, 2.24) is 19.7 Å². The van der Waals surface area contributed by atoms with Gasteiger partial charge in [0.15, 0.2) is 5.82 Å². The van der Waals surface area contributed by atoms with Crippen molar-refractivity contribution < 1.29 is 22.4 Å². The van der Waals surface area contributed by atoms with Gasteiger partial charge in [0.1, 0.15) is 17.5 Å². The van der Waals surface area contributed by atoms with Crippen molar-refractivity contribution in [3.63, 3.8) is 0 Å². The molecule has 2 aromatic heterocycles. The molecule has 0 fully saturated rings. The molecule has 33 heavy (non-hydrogen) atoms. The van der Waals surface area contributed by atoms with E-state index in [4.69, 9.17) is 0 Å². The molecule has 12 heteroatoms. The summed E-state index contributed by atoms with van der Waals surface area (Å²) in [7, 11) is 2.82. The molecular weight excluding hydrogens is 442 g/mol. The van der Waals surface area contributed by atoms with Gasteiger partial charge >= 0.3 is 6.18 Å². The van der Waals surface area contributed by atoms with Crippen molar-refractivity contribution >= 4 is 23.4 Å². The Morgan fingerprint density at radius 2 is 1.82 bits per heavy atom. The summed E-state index contributed by atoms with van der Waals surface area (Å²) in [5.74, 6) is -0.531. The molecule has 1 aromatic carbocycles. The molecule has 8 nitrogen and oxygen atoms in total. The van der Waals surface area contributed by atoms with E-state index >= 15 is 0 Å². The van der Waals surface area contributed by atoms with Crippen LogP contribution >= 0.6 is 0 Å². The number of benzene rings is 1. The molecule has 0 bridgehead atoms. The first-order chi connectivity index (χ1) is 15.6. The van der Waals surface area contributed by atoms with Gasteiger partial charge in [0.05, 0.1) is 25.4 Å². The van der Waals surface area contributed by atoms with E-state index < -0.39 is 24.5 Å². The highest BCUT2D eigenvalue weighted by Gasteiger charge is 2.43. The first-order valence-corrected chi connectivity index (χ1v) is 10.0. The van der Waals surface area contributed by atoms with Gasteiger partial charge in [-0.1, -0.05) is 12.1 Å². The lowest BCUT2D eigenvalue weighted by Gasteiger charge is -2.38. The average molecular weight is 463 g/mol. The minimum absolute atomic E-state index is 0.209. The standard InChI is InChI=1S/C21H21F4N7O/c1-30-16(7-21(23,24)25)19(33)31(2)17-10-27-20(29-18(17)30)26-8-14-9-28-32(12-14)11-13-3-5-15(22)6-4-13/h3-6,9-10,12,16H,7-8,11H2,1-2H3,(H,26,27,29). The van der Waals surface area contributed by atoms with Crippen LogP contribution in [0.5, 0.6) is 0 Å². The molecule has 0 aliphatic carbocycles. The lowest BCUT2D eigenvalue weighted by Crippen LogP contribution is -2.52. The van der Waals surface area contributed by atoms with Gasteiger partial charge in [0, 0.05) is 32.4 Å². The molecule has 1 aliphatic heterocycles. The Bertz CT molecular complexity index is 1150. The number of halogens is 4. The summed E-state index contributed by atoms with van der Waals surface area (Å²) >= 11 is 0. The SMILES string of the molecule is CN1C(=O)C(CC(F)(F)F)N(C)c2nc(NCc3cnn(Cc4ccc(F)cc4)c3)ncc21. The Labute approximate surface area is 186 Å². The summed E-state index contributed by atoms with van der Waals surface area (Å²) in [6.45, 7) is 0.800. The normalized spacial score (nSPS) is 16.2. The number of fused-ring (bicyclic) bond motifs is 1. The number of carbonyl (C=O) groups excluding carboxylic acids is 1. The van der Waals surface area contributed by atoms with Crippen LogP contribution in [0.15, 0.2) is 42.9 Å². The number of nitrogens with one attached hydrogen (secondary N) is 1. The van der Waals surface area contributed by atoms with Gasteiger partial charge in [0.25, 0.3) is 0 Å². The van der Waals surface area contributed by atoms with E-state index in [1.165, 1.54) is 37.3 Å². The molecule has 0 saturated heterocycles. The zero-order chi connectivity index (χ0) is 23.8. The highest BCUT2D eigenvalue weighted by Crippen LogP contribution is 2.36. The minimum Gasteiger partial charge on any atom is -0.350 e. The van der Waals surface area contributed by atoms with Gasteiger partial charge in [-0.25, -0.2) is 9.37 Å². The van der Waals surface area contributed by atoms with Gasteiger partial charge in [-0.2, -0.15) is 23.3 Å². The first-order valence-electron chi connectivity index (χ1n) is 10.0. The summed E-state index contributed by atoms with van der Waals surface area (Å²) < 4.78 is 53.6. The van der Waals surface area contributed by atoms with E-state index in [1.807, 2.05) is 6.20 Å². The number of rotatable bonds is 6. The Morgan fingerprint density at radius 1 is 1.09 bits per heavy atom. The van der Waals surface area contributed by atoms with Crippen LogP contribution in [0.25, 0.3) is 0 Å². The van der Waals surface area contributed by atoms with Gasteiger partial charge in [-0.3, -0.25) is 9.48 Å². The molecule has 1 aliphatic rings. The van der Waals surface area contributed by atoms with E-state index in [0.717, 1.165) is 16.0 Å². The van der Waals surface area contributed by atoms with E-state index in [9.17, 15) is 22.4 Å². The number of nitrogens with zero attached hydrogens (tertiary/aromatic N) is 6. The Morgan fingerprint density at radius 3 is 2.52 bits per heavy atom. The molecule has 1 atom stereocenters. The second kappa shape index (κ2) is 8.68. The van der Waals surface area contributed by atoms with E-state index in [1.54, 1.807) is 23.0 Å². The van der Waals surface area contributed by atoms with Crippen molar-refractivity contribution in [2.75, 3.05) is 29.2 Å². The second-order valence-corrected chi connectivity index (χ2v) is 7.77. The number of hydrogen-bond acceptors (Lipinski definition) is 6. The van der Waals surface area contributed by atoms with Gasteiger partial charge in [-0.05, 0) is 17.7 Å². The summed E-state index contributed by atoms with van der Waals surface area (Å²) in [4.78, 5) is 23.3. The number of anilines is 3. The minimum atomic E-state index is -4.49. The number of amides is 1.